The van der Waals surface area contributed by atoms with Gasteiger partial charge >= 0.3 is 5.97 Å². The fourth-order valence-electron chi connectivity index (χ4n) is 1.96. The second-order valence-electron chi connectivity index (χ2n) is 6.01. The summed E-state index contributed by atoms with van der Waals surface area (Å²) < 4.78 is 4.91. The van der Waals surface area contributed by atoms with Gasteiger partial charge in [-0.15, -0.1) is 22.7 Å². The molecule has 1 N–H and O–H groups in total. The molecule has 0 aliphatic heterocycles. The van der Waals surface area contributed by atoms with Crippen LogP contribution >= 0.6 is 22.7 Å². The molecule has 0 aliphatic rings. The van der Waals surface area contributed by atoms with Crippen molar-refractivity contribution in [3.8, 4) is 0 Å². The summed E-state index contributed by atoms with van der Waals surface area (Å²) in [5.74, 6) is -0.755. The lowest BCUT2D eigenvalue weighted by Crippen LogP contribution is -2.27. The Morgan fingerprint density at radius 3 is 2.70 bits per heavy atom. The molecule has 0 atom stereocenters. The van der Waals surface area contributed by atoms with Crippen molar-refractivity contribution in [1.82, 2.24) is 9.97 Å². The van der Waals surface area contributed by atoms with Crippen LogP contribution < -0.4 is 10.2 Å². The molecular weight excluding hydrogens is 388 g/mol. The third-order valence-electron chi connectivity index (χ3n) is 3.46. The van der Waals surface area contributed by atoms with Gasteiger partial charge in [0.15, 0.2) is 10.3 Å². The highest BCUT2D eigenvalue weighted by Gasteiger charge is 2.18. The van der Waals surface area contributed by atoms with Gasteiger partial charge in [0.25, 0.3) is 0 Å². The number of hydrogen-bond donors (Lipinski definition) is 1. The van der Waals surface area contributed by atoms with Crippen molar-refractivity contribution in [1.29, 1.82) is 0 Å². The van der Waals surface area contributed by atoms with Crippen LogP contribution in [0.3, 0.4) is 0 Å². The Balaban J connectivity index is 1.94. The van der Waals surface area contributed by atoms with Crippen LogP contribution in [0.4, 0.5) is 10.3 Å². The number of thiazole rings is 2. The smallest absolute Gasteiger partial charge is 0.311 e. The van der Waals surface area contributed by atoms with Crippen molar-refractivity contribution < 1.29 is 19.1 Å². The molecule has 2 amide bonds. The van der Waals surface area contributed by atoms with Gasteiger partial charge in [0.1, 0.15) is 0 Å². The zero-order valence-electron chi connectivity index (χ0n) is 15.6. The van der Waals surface area contributed by atoms with Gasteiger partial charge in [-0.3, -0.25) is 19.3 Å². The monoisotopic (exact) mass is 410 g/mol. The van der Waals surface area contributed by atoms with Gasteiger partial charge in [-0.1, -0.05) is 13.8 Å². The number of carbonyl (C=O) groups is 3. The molecule has 0 saturated carbocycles. The summed E-state index contributed by atoms with van der Waals surface area (Å²) in [6, 6.07) is 0. The molecular formula is C17H22N4O4S2. The maximum atomic E-state index is 12.5. The van der Waals surface area contributed by atoms with Gasteiger partial charge in [-0.25, -0.2) is 9.97 Å². The van der Waals surface area contributed by atoms with Gasteiger partial charge in [0.2, 0.25) is 11.8 Å². The molecule has 0 spiro atoms. The number of rotatable bonds is 8. The molecule has 0 aliphatic carbocycles. The summed E-state index contributed by atoms with van der Waals surface area (Å²) in [7, 11) is 1.63. The molecule has 27 heavy (non-hydrogen) atoms. The van der Waals surface area contributed by atoms with E-state index in [1.165, 1.54) is 27.6 Å². The van der Waals surface area contributed by atoms with E-state index in [1.807, 2.05) is 0 Å². The summed E-state index contributed by atoms with van der Waals surface area (Å²) in [4.78, 5) is 46.3. The topological polar surface area (TPSA) is 101 Å². The van der Waals surface area contributed by atoms with Crippen molar-refractivity contribution in [2.24, 2.45) is 5.92 Å². The number of amides is 2. The number of nitrogens with one attached hydrogen (secondary N) is 1. The molecule has 0 radical (unpaired) electrons. The molecule has 146 valence electrons. The second-order valence-corrected chi connectivity index (χ2v) is 7.96. The molecule has 0 bridgehead atoms. The maximum absolute atomic E-state index is 12.5. The van der Waals surface area contributed by atoms with Crippen LogP contribution in [-0.4, -0.2) is 41.4 Å². The van der Waals surface area contributed by atoms with E-state index in [4.69, 9.17) is 4.74 Å². The number of hydrogen-bond acceptors (Lipinski definition) is 8. The van der Waals surface area contributed by atoms with Crippen LogP contribution in [0, 0.1) is 5.92 Å². The summed E-state index contributed by atoms with van der Waals surface area (Å²) in [6.07, 6.45) is 1.80. The Labute approximate surface area is 165 Å². The van der Waals surface area contributed by atoms with E-state index in [-0.39, 0.29) is 36.5 Å². The standard InChI is InChI=1S/C17H22N4O4S2/c1-5-25-14(23)7-12-8-18-17(27-12)21(4)13(22)6-11-9-26-16(19-11)20-15(24)10(2)3/h8-10H,5-7H2,1-4H3,(H,19,20,24). The van der Waals surface area contributed by atoms with E-state index in [2.05, 4.69) is 15.3 Å². The first-order valence-electron chi connectivity index (χ1n) is 8.42. The number of anilines is 2. The fourth-order valence-corrected chi connectivity index (χ4v) is 3.55. The average Bonchev–Trinajstić information content (AvgIpc) is 3.23. The average molecular weight is 411 g/mol. The Morgan fingerprint density at radius 1 is 1.30 bits per heavy atom. The van der Waals surface area contributed by atoms with Crippen LogP contribution in [0.25, 0.3) is 0 Å². The molecule has 2 aromatic heterocycles. The first kappa shape index (κ1) is 21.0. The number of carbonyl (C=O) groups excluding carboxylic acids is 3. The summed E-state index contributed by atoms with van der Waals surface area (Å²) in [5.41, 5.74) is 0.583. The highest BCUT2D eigenvalue weighted by molar-refractivity contribution is 7.15. The first-order valence-corrected chi connectivity index (χ1v) is 10.1. The summed E-state index contributed by atoms with van der Waals surface area (Å²) >= 11 is 2.55. The second kappa shape index (κ2) is 9.56. The van der Waals surface area contributed by atoms with Gasteiger partial charge in [0, 0.05) is 29.4 Å². The number of nitrogens with zero attached hydrogens (tertiary/aromatic N) is 3. The minimum absolute atomic E-state index is 0.0946. The molecule has 0 saturated heterocycles. The van der Waals surface area contributed by atoms with E-state index < -0.39 is 0 Å². The molecule has 2 rings (SSSR count). The predicted octanol–water partition coefficient (Wildman–Crippen LogP) is 2.51. The quantitative estimate of drug-likeness (QED) is 0.671. The normalized spacial score (nSPS) is 10.7. The summed E-state index contributed by atoms with van der Waals surface area (Å²) in [5, 5.41) is 5.44. The van der Waals surface area contributed by atoms with E-state index in [9.17, 15) is 14.4 Å². The summed E-state index contributed by atoms with van der Waals surface area (Å²) in [6.45, 7) is 5.68. The third-order valence-corrected chi connectivity index (χ3v) is 5.35. The van der Waals surface area contributed by atoms with Crippen molar-refractivity contribution in [3.63, 3.8) is 0 Å². The van der Waals surface area contributed by atoms with Crippen LogP contribution in [0.15, 0.2) is 11.6 Å². The van der Waals surface area contributed by atoms with Crippen LogP contribution in [0.1, 0.15) is 31.3 Å². The van der Waals surface area contributed by atoms with Gasteiger partial charge < -0.3 is 10.1 Å². The maximum Gasteiger partial charge on any atom is 0.311 e. The van der Waals surface area contributed by atoms with Gasteiger partial charge in [-0.05, 0) is 6.92 Å². The SMILES string of the molecule is CCOC(=O)Cc1cnc(N(C)C(=O)Cc2csc(NC(=O)C(C)C)n2)s1. The largest absolute Gasteiger partial charge is 0.466 e. The molecule has 0 aromatic carbocycles. The molecule has 0 fully saturated rings. The number of aromatic nitrogens is 2. The lowest BCUT2D eigenvalue weighted by molar-refractivity contribution is -0.142. The Hall–Kier alpha value is -2.33. The zero-order chi connectivity index (χ0) is 20.0. The Morgan fingerprint density at radius 2 is 2.04 bits per heavy atom. The van der Waals surface area contributed by atoms with E-state index in [1.54, 1.807) is 39.4 Å². The fraction of sp³-hybridized carbons (Fsp3) is 0.471. The minimum Gasteiger partial charge on any atom is -0.466 e. The molecule has 2 heterocycles. The van der Waals surface area contributed by atoms with Crippen LogP contribution in [0.2, 0.25) is 0 Å². The third kappa shape index (κ3) is 6.10. The highest BCUT2D eigenvalue weighted by Crippen LogP contribution is 2.23. The van der Waals surface area contributed by atoms with Crippen molar-refractivity contribution >= 4 is 50.7 Å². The lowest BCUT2D eigenvalue weighted by Gasteiger charge is -2.12. The highest BCUT2D eigenvalue weighted by atomic mass is 32.1. The molecule has 10 heteroatoms. The van der Waals surface area contributed by atoms with Crippen molar-refractivity contribution in [2.45, 2.75) is 33.6 Å². The van der Waals surface area contributed by atoms with E-state index in [0.29, 0.717) is 22.6 Å². The number of likely N-dealkylation sites (N-methyl/N-ethyl adjacent to an activating group) is 1. The van der Waals surface area contributed by atoms with Gasteiger partial charge in [0.05, 0.1) is 25.1 Å². The Kier molecular flexibility index (Phi) is 7.43. The van der Waals surface area contributed by atoms with Gasteiger partial charge in [-0.2, -0.15) is 0 Å². The van der Waals surface area contributed by atoms with Crippen LogP contribution in [0.5, 0.6) is 0 Å². The minimum atomic E-state index is -0.319. The van der Waals surface area contributed by atoms with E-state index in [0.717, 1.165) is 4.88 Å². The predicted molar refractivity (Wildman–Crippen MR) is 105 cm³/mol. The number of ether oxygens (including phenoxy) is 1. The zero-order valence-corrected chi connectivity index (χ0v) is 17.3. The molecule has 8 nitrogen and oxygen atoms in total. The van der Waals surface area contributed by atoms with Crippen LogP contribution in [-0.2, 0) is 32.0 Å². The first-order chi connectivity index (χ1) is 12.8. The Bertz CT molecular complexity index is 815. The molecule has 2 aromatic rings. The lowest BCUT2D eigenvalue weighted by atomic mass is 10.2. The van der Waals surface area contributed by atoms with Crippen molar-refractivity contribution in [2.75, 3.05) is 23.9 Å². The van der Waals surface area contributed by atoms with Crippen molar-refractivity contribution in [3.05, 3.63) is 22.1 Å². The number of esters is 1. The van der Waals surface area contributed by atoms with E-state index >= 15 is 0 Å². The molecule has 0 unspecified atom stereocenters.